The van der Waals surface area contributed by atoms with Crippen LogP contribution < -0.4 is 20.9 Å². The van der Waals surface area contributed by atoms with Gasteiger partial charge in [0.05, 0.1) is 13.1 Å². The molecule has 0 fully saturated rings. The van der Waals surface area contributed by atoms with E-state index in [1.165, 1.54) is 6.07 Å². The molecule has 0 bridgehead atoms. The van der Waals surface area contributed by atoms with E-state index in [9.17, 15) is 19.2 Å². The van der Waals surface area contributed by atoms with Gasteiger partial charge in [0, 0.05) is 6.07 Å². The molecule has 29 heavy (non-hydrogen) atoms. The van der Waals surface area contributed by atoms with E-state index in [0.29, 0.717) is 0 Å². The van der Waals surface area contributed by atoms with Crippen molar-refractivity contribution in [1.82, 2.24) is 10.6 Å². The molecule has 0 unspecified atom stereocenters. The lowest BCUT2D eigenvalue weighted by Crippen LogP contribution is -2.45. The summed E-state index contributed by atoms with van der Waals surface area (Å²) >= 11 is 0. The highest BCUT2D eigenvalue weighted by molar-refractivity contribution is 5.68. The maximum Gasteiger partial charge on any atom is 0.407 e. The molecule has 4 N–H and O–H groups in total. The predicted molar refractivity (Wildman–Crippen MR) is 105 cm³/mol. The summed E-state index contributed by atoms with van der Waals surface area (Å²) in [5, 5.41) is 14.2. The summed E-state index contributed by atoms with van der Waals surface area (Å²) in [6.45, 7) is 10.2. The van der Waals surface area contributed by atoms with Crippen LogP contribution in [-0.4, -0.2) is 47.8 Å². The SMILES string of the molecule is CC(C)(C)OC(=O)NCC(CNC(=O)OC(C)(C)C)Oc1cc(F)ccc1NO. The Kier molecular flexibility index (Phi) is 8.50. The van der Waals surface area contributed by atoms with E-state index in [1.807, 2.05) is 5.48 Å². The second-order valence-electron chi connectivity index (χ2n) is 8.26. The third kappa shape index (κ3) is 10.4. The number of anilines is 1. The third-order valence-corrected chi connectivity index (χ3v) is 3.10. The van der Waals surface area contributed by atoms with E-state index in [1.54, 1.807) is 41.5 Å². The Bertz CT molecular complexity index is 668. The van der Waals surface area contributed by atoms with Crippen molar-refractivity contribution >= 4 is 17.9 Å². The van der Waals surface area contributed by atoms with Crippen LogP contribution in [0.25, 0.3) is 0 Å². The number of benzene rings is 1. The van der Waals surface area contributed by atoms with Gasteiger partial charge in [0.25, 0.3) is 0 Å². The van der Waals surface area contributed by atoms with Crippen molar-refractivity contribution in [1.29, 1.82) is 0 Å². The van der Waals surface area contributed by atoms with Crippen molar-refractivity contribution in [3.63, 3.8) is 0 Å². The molecule has 1 rings (SSSR count). The monoisotopic (exact) mass is 415 g/mol. The second-order valence-corrected chi connectivity index (χ2v) is 8.26. The van der Waals surface area contributed by atoms with Crippen molar-refractivity contribution in [2.45, 2.75) is 58.8 Å². The van der Waals surface area contributed by atoms with Crippen LogP contribution in [0.4, 0.5) is 19.7 Å². The van der Waals surface area contributed by atoms with Crippen LogP contribution in [-0.2, 0) is 9.47 Å². The number of ether oxygens (including phenoxy) is 3. The van der Waals surface area contributed by atoms with Crippen molar-refractivity contribution in [2.24, 2.45) is 0 Å². The van der Waals surface area contributed by atoms with E-state index in [4.69, 9.17) is 14.2 Å². The Morgan fingerprint density at radius 1 is 1.00 bits per heavy atom. The topological polar surface area (TPSA) is 118 Å². The van der Waals surface area contributed by atoms with E-state index in [2.05, 4.69) is 10.6 Å². The van der Waals surface area contributed by atoms with Gasteiger partial charge >= 0.3 is 12.2 Å². The minimum Gasteiger partial charge on any atom is -0.484 e. The molecule has 0 aliphatic heterocycles. The first-order valence-electron chi connectivity index (χ1n) is 9.09. The molecular weight excluding hydrogens is 385 g/mol. The van der Waals surface area contributed by atoms with Crippen molar-refractivity contribution in [3.05, 3.63) is 24.0 Å². The number of carbonyl (C=O) groups excluding carboxylic acids is 2. The molecule has 0 aliphatic carbocycles. The van der Waals surface area contributed by atoms with Crippen LogP contribution in [0.1, 0.15) is 41.5 Å². The van der Waals surface area contributed by atoms with E-state index >= 15 is 0 Å². The Balaban J connectivity index is 2.83. The predicted octanol–water partition coefficient (Wildman–Crippen LogP) is 3.42. The van der Waals surface area contributed by atoms with Gasteiger partial charge in [-0.3, -0.25) is 10.7 Å². The van der Waals surface area contributed by atoms with Gasteiger partial charge in [0.1, 0.15) is 34.6 Å². The molecule has 0 spiro atoms. The minimum atomic E-state index is -0.816. The molecule has 2 amide bonds. The quantitative estimate of drug-likeness (QED) is 0.504. The molecule has 1 aromatic carbocycles. The summed E-state index contributed by atoms with van der Waals surface area (Å²) in [6.07, 6.45) is -2.17. The van der Waals surface area contributed by atoms with Gasteiger partial charge in [0.2, 0.25) is 0 Å². The van der Waals surface area contributed by atoms with Crippen molar-refractivity contribution < 1.29 is 33.4 Å². The first kappa shape index (κ1) is 24.3. The molecule has 0 saturated carbocycles. The first-order valence-corrected chi connectivity index (χ1v) is 9.09. The van der Waals surface area contributed by atoms with Gasteiger partial charge in [-0.1, -0.05) is 0 Å². The lowest BCUT2D eigenvalue weighted by Gasteiger charge is -2.24. The molecule has 164 valence electrons. The molecule has 10 heteroatoms. The van der Waals surface area contributed by atoms with Crippen LogP contribution in [0.2, 0.25) is 0 Å². The van der Waals surface area contributed by atoms with Crippen LogP contribution in [0.3, 0.4) is 0 Å². The molecule has 9 nitrogen and oxygen atoms in total. The number of amides is 2. The Labute approximate surface area is 169 Å². The maximum absolute atomic E-state index is 13.6. The highest BCUT2D eigenvalue weighted by atomic mass is 19.1. The second kappa shape index (κ2) is 10.1. The average Bonchev–Trinajstić information content (AvgIpc) is 2.54. The van der Waals surface area contributed by atoms with Gasteiger partial charge < -0.3 is 24.8 Å². The number of alkyl carbamates (subject to hydrolysis) is 2. The number of halogens is 1. The molecule has 0 aliphatic rings. The zero-order valence-corrected chi connectivity index (χ0v) is 17.6. The zero-order chi connectivity index (χ0) is 22.2. The fourth-order valence-corrected chi connectivity index (χ4v) is 2.04. The number of hydrogen-bond donors (Lipinski definition) is 4. The zero-order valence-electron chi connectivity index (χ0n) is 17.6. The highest BCUT2D eigenvalue weighted by Crippen LogP contribution is 2.25. The summed E-state index contributed by atoms with van der Waals surface area (Å²) in [5.41, 5.74) is 0.643. The van der Waals surface area contributed by atoms with Crippen LogP contribution >= 0.6 is 0 Å². The van der Waals surface area contributed by atoms with E-state index in [0.717, 1.165) is 12.1 Å². The standard InChI is InChI=1S/C19H30FN3O6/c1-18(2,3)28-16(24)21-10-13(11-22-17(25)29-19(4,5)6)27-15-9-12(20)7-8-14(15)23-26/h7-9,13,23,26H,10-11H2,1-6H3,(H,21,24)(H,22,25). The van der Waals surface area contributed by atoms with Crippen LogP contribution in [0.15, 0.2) is 18.2 Å². The largest absolute Gasteiger partial charge is 0.484 e. The minimum absolute atomic E-state index is 0.00511. The molecule has 0 atom stereocenters. The number of rotatable bonds is 7. The number of carbonyl (C=O) groups is 2. The molecule has 0 radical (unpaired) electrons. The van der Waals surface area contributed by atoms with Crippen molar-refractivity contribution in [3.8, 4) is 5.75 Å². The normalized spacial score (nSPS) is 11.6. The van der Waals surface area contributed by atoms with Gasteiger partial charge in [-0.25, -0.2) is 14.0 Å². The Morgan fingerprint density at radius 2 is 1.48 bits per heavy atom. The lowest BCUT2D eigenvalue weighted by atomic mass is 10.2. The fraction of sp³-hybridized carbons (Fsp3) is 0.579. The van der Waals surface area contributed by atoms with Crippen LogP contribution in [0, 0.1) is 5.82 Å². The summed E-state index contributed by atoms with van der Waals surface area (Å²) in [4.78, 5) is 23.8. The average molecular weight is 415 g/mol. The highest BCUT2D eigenvalue weighted by Gasteiger charge is 2.21. The first-order chi connectivity index (χ1) is 13.3. The summed E-state index contributed by atoms with van der Waals surface area (Å²) in [6, 6.07) is 3.48. The van der Waals surface area contributed by atoms with Gasteiger partial charge in [0.15, 0.2) is 0 Å². The lowest BCUT2D eigenvalue weighted by molar-refractivity contribution is 0.0475. The summed E-state index contributed by atoms with van der Waals surface area (Å²) in [5.74, 6) is -0.590. The summed E-state index contributed by atoms with van der Waals surface area (Å²) in [7, 11) is 0. The Morgan fingerprint density at radius 3 is 1.90 bits per heavy atom. The smallest absolute Gasteiger partial charge is 0.407 e. The molecular formula is C19H30FN3O6. The van der Waals surface area contributed by atoms with Crippen molar-refractivity contribution in [2.75, 3.05) is 18.6 Å². The van der Waals surface area contributed by atoms with E-state index < -0.39 is 35.3 Å². The van der Waals surface area contributed by atoms with Gasteiger partial charge in [-0.05, 0) is 53.7 Å². The molecule has 0 heterocycles. The third-order valence-electron chi connectivity index (χ3n) is 3.10. The molecule has 0 aromatic heterocycles. The van der Waals surface area contributed by atoms with E-state index in [-0.39, 0.29) is 24.5 Å². The maximum atomic E-state index is 13.6. The molecule has 1 aromatic rings. The van der Waals surface area contributed by atoms with Gasteiger partial charge in [-0.2, -0.15) is 0 Å². The number of nitrogens with one attached hydrogen (secondary N) is 3. The molecule has 0 saturated heterocycles. The van der Waals surface area contributed by atoms with Crippen LogP contribution in [0.5, 0.6) is 5.75 Å². The Hall–Kier alpha value is -2.75. The number of hydrogen-bond acceptors (Lipinski definition) is 7. The van der Waals surface area contributed by atoms with Gasteiger partial charge in [-0.15, -0.1) is 0 Å². The summed E-state index contributed by atoms with van der Waals surface area (Å²) < 4.78 is 29.6. The fourth-order valence-electron chi connectivity index (χ4n) is 2.04.